The van der Waals surface area contributed by atoms with Gasteiger partial charge in [0, 0.05) is 4.47 Å². The third kappa shape index (κ3) is 3.95. The van der Waals surface area contributed by atoms with Crippen LogP contribution in [-0.2, 0) is 5.41 Å². The molecule has 0 aliphatic carbocycles. The van der Waals surface area contributed by atoms with Gasteiger partial charge in [-0.15, -0.1) is 0 Å². The second-order valence-corrected chi connectivity index (χ2v) is 7.76. The summed E-state index contributed by atoms with van der Waals surface area (Å²) in [5, 5.41) is 0. The zero-order valence-corrected chi connectivity index (χ0v) is 15.6. The van der Waals surface area contributed by atoms with Crippen LogP contribution in [0.15, 0.2) is 46.9 Å². The molecule has 0 aliphatic rings. The molecule has 0 amide bonds. The van der Waals surface area contributed by atoms with Crippen LogP contribution in [0.3, 0.4) is 0 Å². The Bertz CT molecular complexity index is 597. The van der Waals surface area contributed by atoms with Crippen LogP contribution in [0, 0.1) is 5.82 Å². The van der Waals surface area contributed by atoms with Crippen molar-refractivity contribution >= 4 is 31.9 Å². The van der Waals surface area contributed by atoms with Gasteiger partial charge in [-0.1, -0.05) is 76.9 Å². The molecule has 0 saturated carbocycles. The molecule has 3 heteroatoms. The molecule has 0 bridgehead atoms. The summed E-state index contributed by atoms with van der Waals surface area (Å²) in [4.78, 5) is -0.0108. The van der Waals surface area contributed by atoms with Crippen LogP contribution in [0.2, 0.25) is 0 Å². The van der Waals surface area contributed by atoms with E-state index in [9.17, 15) is 4.39 Å². The highest BCUT2D eigenvalue weighted by Crippen LogP contribution is 2.34. The summed E-state index contributed by atoms with van der Waals surface area (Å²) < 4.78 is 14.3. The maximum Gasteiger partial charge on any atom is 0.124 e. The van der Waals surface area contributed by atoms with Crippen molar-refractivity contribution in [3.05, 3.63) is 69.4 Å². The summed E-state index contributed by atoms with van der Waals surface area (Å²) in [6.45, 7) is 6.69. The Balaban J connectivity index is 2.30. The van der Waals surface area contributed by atoms with E-state index in [0.29, 0.717) is 0 Å². The van der Waals surface area contributed by atoms with Crippen molar-refractivity contribution in [3.63, 3.8) is 0 Å². The SMILES string of the molecule is CCC(C)(C)c1ccc(C(Br)c2cc(F)cc(Br)c2)cc1. The zero-order chi connectivity index (χ0) is 15.6. The number of alkyl halides is 1. The highest BCUT2D eigenvalue weighted by molar-refractivity contribution is 9.10. The summed E-state index contributed by atoms with van der Waals surface area (Å²) in [5.41, 5.74) is 3.55. The van der Waals surface area contributed by atoms with E-state index in [4.69, 9.17) is 0 Å². The summed E-state index contributed by atoms with van der Waals surface area (Å²) >= 11 is 7.01. The van der Waals surface area contributed by atoms with Crippen molar-refractivity contribution in [2.24, 2.45) is 0 Å². The molecule has 0 spiro atoms. The molecule has 1 unspecified atom stereocenters. The van der Waals surface area contributed by atoms with Crippen LogP contribution in [0.5, 0.6) is 0 Å². The molecular formula is C18H19Br2F. The van der Waals surface area contributed by atoms with Crippen molar-refractivity contribution in [2.75, 3.05) is 0 Å². The lowest BCUT2D eigenvalue weighted by Gasteiger charge is -2.24. The Labute approximate surface area is 143 Å². The lowest BCUT2D eigenvalue weighted by atomic mass is 9.82. The average molecular weight is 414 g/mol. The molecule has 0 N–H and O–H groups in total. The topological polar surface area (TPSA) is 0 Å². The molecule has 2 aromatic carbocycles. The minimum atomic E-state index is -0.229. The number of hydrogen-bond acceptors (Lipinski definition) is 0. The normalized spacial score (nSPS) is 13.2. The predicted molar refractivity (Wildman–Crippen MR) is 94.6 cm³/mol. The fourth-order valence-corrected chi connectivity index (χ4v) is 3.27. The quantitative estimate of drug-likeness (QED) is 0.485. The van der Waals surface area contributed by atoms with E-state index in [1.54, 1.807) is 6.07 Å². The van der Waals surface area contributed by atoms with Crippen LogP contribution >= 0.6 is 31.9 Å². The average Bonchev–Trinajstić information content (AvgIpc) is 2.45. The molecule has 2 aromatic rings. The molecule has 1 atom stereocenters. The zero-order valence-electron chi connectivity index (χ0n) is 12.5. The van der Waals surface area contributed by atoms with Crippen molar-refractivity contribution in [3.8, 4) is 0 Å². The molecule has 0 aromatic heterocycles. The summed E-state index contributed by atoms with van der Waals surface area (Å²) in [6, 6.07) is 13.5. The summed E-state index contributed by atoms with van der Waals surface area (Å²) in [5.74, 6) is -0.229. The Morgan fingerprint density at radius 2 is 1.67 bits per heavy atom. The molecule has 0 radical (unpaired) electrons. The molecule has 0 aliphatic heterocycles. The number of rotatable bonds is 4. The van der Waals surface area contributed by atoms with Crippen LogP contribution < -0.4 is 0 Å². The molecule has 2 rings (SSSR count). The number of halogens is 3. The predicted octanol–water partition coefficient (Wildman–Crippen LogP) is 6.76. The van der Waals surface area contributed by atoms with Crippen LogP contribution in [0.25, 0.3) is 0 Å². The first-order chi connectivity index (χ1) is 9.83. The first kappa shape index (κ1) is 16.7. The molecule has 112 valence electrons. The van der Waals surface area contributed by atoms with Gasteiger partial charge in [-0.25, -0.2) is 4.39 Å². The maximum absolute atomic E-state index is 13.5. The van der Waals surface area contributed by atoms with E-state index in [-0.39, 0.29) is 16.1 Å². The first-order valence-electron chi connectivity index (χ1n) is 7.04. The number of hydrogen-bond donors (Lipinski definition) is 0. The maximum atomic E-state index is 13.5. The Morgan fingerprint density at radius 3 is 2.19 bits per heavy atom. The highest BCUT2D eigenvalue weighted by atomic mass is 79.9. The summed E-state index contributed by atoms with van der Waals surface area (Å²) in [7, 11) is 0. The molecular weight excluding hydrogens is 395 g/mol. The molecule has 0 fully saturated rings. The fourth-order valence-electron chi connectivity index (χ4n) is 2.22. The van der Waals surface area contributed by atoms with Gasteiger partial charge in [0.05, 0.1) is 4.83 Å². The minimum absolute atomic E-state index is 0.0108. The van der Waals surface area contributed by atoms with Gasteiger partial charge in [-0.3, -0.25) is 0 Å². The second-order valence-electron chi connectivity index (χ2n) is 5.92. The fraction of sp³-hybridized carbons (Fsp3) is 0.333. The molecule has 0 saturated heterocycles. The van der Waals surface area contributed by atoms with Gasteiger partial charge in [0.25, 0.3) is 0 Å². The van der Waals surface area contributed by atoms with E-state index in [1.807, 2.05) is 6.07 Å². The first-order valence-corrected chi connectivity index (χ1v) is 8.75. The van der Waals surface area contributed by atoms with Crippen molar-refractivity contribution in [2.45, 2.75) is 37.4 Å². The van der Waals surface area contributed by atoms with E-state index in [1.165, 1.54) is 11.6 Å². The minimum Gasteiger partial charge on any atom is -0.207 e. The Hall–Kier alpha value is -0.670. The third-order valence-corrected chi connectivity index (χ3v) is 5.56. The van der Waals surface area contributed by atoms with Crippen LogP contribution in [0.4, 0.5) is 4.39 Å². The van der Waals surface area contributed by atoms with Gasteiger partial charge in [-0.05, 0) is 46.7 Å². The van der Waals surface area contributed by atoms with E-state index < -0.39 is 0 Å². The van der Waals surface area contributed by atoms with Gasteiger partial charge in [0.1, 0.15) is 5.82 Å². The van der Waals surface area contributed by atoms with Gasteiger partial charge in [-0.2, -0.15) is 0 Å². The largest absolute Gasteiger partial charge is 0.207 e. The third-order valence-electron chi connectivity index (χ3n) is 4.05. The highest BCUT2D eigenvalue weighted by Gasteiger charge is 2.19. The second kappa shape index (κ2) is 6.62. The van der Waals surface area contributed by atoms with E-state index >= 15 is 0 Å². The molecule has 0 heterocycles. The van der Waals surface area contributed by atoms with Crippen LogP contribution in [-0.4, -0.2) is 0 Å². The Kier molecular flexibility index (Phi) is 5.26. The molecule has 21 heavy (non-hydrogen) atoms. The van der Waals surface area contributed by atoms with Crippen molar-refractivity contribution < 1.29 is 4.39 Å². The summed E-state index contributed by atoms with van der Waals surface area (Å²) in [6.07, 6.45) is 1.10. The Morgan fingerprint density at radius 1 is 1.05 bits per heavy atom. The van der Waals surface area contributed by atoms with Gasteiger partial charge in [0.15, 0.2) is 0 Å². The van der Waals surface area contributed by atoms with Crippen molar-refractivity contribution in [1.29, 1.82) is 0 Å². The van der Waals surface area contributed by atoms with Gasteiger partial charge < -0.3 is 0 Å². The lowest BCUT2D eigenvalue weighted by Crippen LogP contribution is -2.15. The van der Waals surface area contributed by atoms with Gasteiger partial charge >= 0.3 is 0 Å². The monoisotopic (exact) mass is 412 g/mol. The van der Waals surface area contributed by atoms with E-state index in [0.717, 1.165) is 22.0 Å². The lowest BCUT2D eigenvalue weighted by molar-refractivity contribution is 0.506. The van der Waals surface area contributed by atoms with E-state index in [2.05, 4.69) is 76.9 Å². The van der Waals surface area contributed by atoms with Crippen molar-refractivity contribution in [1.82, 2.24) is 0 Å². The molecule has 0 nitrogen and oxygen atoms in total. The van der Waals surface area contributed by atoms with Gasteiger partial charge in [0.2, 0.25) is 0 Å². The van der Waals surface area contributed by atoms with Crippen LogP contribution in [0.1, 0.15) is 48.7 Å². The smallest absolute Gasteiger partial charge is 0.124 e. The standard InChI is InChI=1S/C18H19Br2F/c1-4-18(2,3)14-7-5-12(6-8-14)17(20)13-9-15(19)11-16(21)10-13/h5-11,17H,4H2,1-3H3. The number of benzene rings is 2.